The number of rotatable bonds is 9. The van der Waals surface area contributed by atoms with Gasteiger partial charge in [-0.05, 0) is 6.07 Å². The predicted octanol–water partition coefficient (Wildman–Crippen LogP) is 0.680. The molecule has 1 atom stereocenters. The fourth-order valence-corrected chi connectivity index (χ4v) is 4.22. The number of carbonyl (C=O) groups excluding carboxylic acids is 2. The van der Waals surface area contributed by atoms with Crippen molar-refractivity contribution in [2.24, 2.45) is 0 Å². The second-order valence-corrected chi connectivity index (χ2v) is 8.50. The minimum atomic E-state index is -4.13. The molecule has 2 rings (SSSR count). The number of ether oxygens (including phenoxy) is 3. The number of benzene rings is 1. The monoisotopic (exact) mass is 461 g/mol. The maximum Gasteiger partial charge on any atom is 0.410 e. The normalized spacial score (nSPS) is 15.1. The standard InChI is InChI=1S/C18H21F2N3O7S/c19-17(20)29-14-4-2-1-3-13(14)11-31(26,27)12-15(16(24)22-6-5-21)30-18(25)23-7-9-28-10-8-23/h1-4,15,17H,6-12H2,(H,22,24). The summed E-state index contributed by atoms with van der Waals surface area (Å²) >= 11 is 0. The third-order valence-electron chi connectivity index (χ3n) is 4.12. The van der Waals surface area contributed by atoms with Crippen molar-refractivity contribution in [3.8, 4) is 11.8 Å². The highest BCUT2D eigenvalue weighted by molar-refractivity contribution is 7.90. The van der Waals surface area contributed by atoms with Crippen LogP contribution in [-0.2, 0) is 29.9 Å². The topological polar surface area (TPSA) is 135 Å². The number of amides is 2. The first-order chi connectivity index (χ1) is 14.7. The van der Waals surface area contributed by atoms with Gasteiger partial charge in [0.25, 0.3) is 5.91 Å². The first kappa shape index (κ1) is 24.3. The molecule has 13 heteroatoms. The first-order valence-electron chi connectivity index (χ1n) is 9.13. The summed E-state index contributed by atoms with van der Waals surface area (Å²) in [5.74, 6) is -2.93. The van der Waals surface area contributed by atoms with E-state index >= 15 is 0 Å². The van der Waals surface area contributed by atoms with Gasteiger partial charge in [-0.15, -0.1) is 0 Å². The van der Waals surface area contributed by atoms with Crippen LogP contribution < -0.4 is 10.1 Å². The highest BCUT2D eigenvalue weighted by Gasteiger charge is 2.32. The molecule has 2 amide bonds. The lowest BCUT2D eigenvalue weighted by Gasteiger charge is -2.28. The number of carbonyl (C=O) groups is 2. The molecule has 0 radical (unpaired) electrons. The molecule has 1 aromatic carbocycles. The van der Waals surface area contributed by atoms with Gasteiger partial charge >= 0.3 is 12.7 Å². The van der Waals surface area contributed by atoms with E-state index in [0.29, 0.717) is 0 Å². The van der Waals surface area contributed by atoms with E-state index in [4.69, 9.17) is 14.7 Å². The summed E-state index contributed by atoms with van der Waals surface area (Å²) in [5.41, 5.74) is -0.0431. The maximum absolute atomic E-state index is 12.7. The lowest BCUT2D eigenvalue weighted by molar-refractivity contribution is -0.129. The van der Waals surface area contributed by atoms with Gasteiger partial charge < -0.3 is 24.4 Å². The summed E-state index contributed by atoms with van der Waals surface area (Å²) in [6.45, 7) is -2.63. The van der Waals surface area contributed by atoms with E-state index in [-0.39, 0.29) is 37.6 Å². The molecule has 10 nitrogen and oxygen atoms in total. The molecule has 0 bridgehead atoms. The Kier molecular flexibility index (Phi) is 8.95. The van der Waals surface area contributed by atoms with Crippen LogP contribution in [0, 0.1) is 11.3 Å². The van der Waals surface area contributed by atoms with Gasteiger partial charge in [0.05, 0.1) is 30.8 Å². The van der Waals surface area contributed by atoms with Crippen LogP contribution in [-0.4, -0.2) is 76.6 Å². The number of hydrogen-bond acceptors (Lipinski definition) is 8. The average Bonchev–Trinajstić information content (AvgIpc) is 2.72. The van der Waals surface area contributed by atoms with E-state index in [1.165, 1.54) is 29.2 Å². The van der Waals surface area contributed by atoms with Gasteiger partial charge in [0.1, 0.15) is 12.3 Å². The van der Waals surface area contributed by atoms with Crippen molar-refractivity contribution in [3.05, 3.63) is 29.8 Å². The fraction of sp³-hybridized carbons (Fsp3) is 0.500. The quantitative estimate of drug-likeness (QED) is 0.531. The summed E-state index contributed by atoms with van der Waals surface area (Å²) < 4.78 is 65.0. The van der Waals surface area contributed by atoms with E-state index in [1.807, 2.05) is 0 Å². The number of nitriles is 1. The van der Waals surface area contributed by atoms with Crippen molar-refractivity contribution in [1.29, 1.82) is 5.26 Å². The fourth-order valence-electron chi connectivity index (χ4n) is 2.71. The second-order valence-electron chi connectivity index (χ2n) is 6.39. The Labute approximate surface area is 177 Å². The number of hydrogen-bond donors (Lipinski definition) is 1. The molecule has 1 aromatic rings. The Bertz CT molecular complexity index is 915. The Morgan fingerprint density at radius 1 is 1.26 bits per heavy atom. The lowest BCUT2D eigenvalue weighted by Crippen LogP contribution is -2.47. The molecule has 1 aliphatic rings. The number of para-hydroxylation sites is 1. The maximum atomic E-state index is 12.7. The summed E-state index contributed by atoms with van der Waals surface area (Å²) in [6, 6.07) is 6.98. The molecule has 1 N–H and O–H groups in total. The van der Waals surface area contributed by atoms with Crippen LogP contribution in [0.4, 0.5) is 13.6 Å². The molecule has 170 valence electrons. The van der Waals surface area contributed by atoms with Crippen molar-refractivity contribution < 1.29 is 41.0 Å². The van der Waals surface area contributed by atoms with Crippen molar-refractivity contribution >= 4 is 21.8 Å². The van der Waals surface area contributed by atoms with E-state index < -0.39 is 52.6 Å². The Morgan fingerprint density at radius 3 is 2.58 bits per heavy atom. The average molecular weight is 461 g/mol. The SMILES string of the molecule is N#CCNC(=O)C(CS(=O)(=O)Cc1ccccc1OC(F)F)OC(=O)N1CCOCC1. The Morgan fingerprint density at radius 2 is 1.94 bits per heavy atom. The molecular weight excluding hydrogens is 440 g/mol. The van der Waals surface area contributed by atoms with Crippen LogP contribution in [0.2, 0.25) is 0 Å². The molecule has 1 aliphatic heterocycles. The zero-order chi connectivity index (χ0) is 22.9. The van der Waals surface area contributed by atoms with Gasteiger partial charge in [0, 0.05) is 18.7 Å². The van der Waals surface area contributed by atoms with Crippen LogP contribution in [0.1, 0.15) is 5.56 Å². The van der Waals surface area contributed by atoms with E-state index in [9.17, 15) is 26.8 Å². The largest absolute Gasteiger partial charge is 0.435 e. The number of sulfone groups is 1. The first-order valence-corrected chi connectivity index (χ1v) is 10.9. The number of morpholine rings is 1. The molecular formula is C18H21F2N3O7S. The zero-order valence-corrected chi connectivity index (χ0v) is 17.1. The van der Waals surface area contributed by atoms with Crippen molar-refractivity contribution in [2.75, 3.05) is 38.6 Å². The number of alkyl halides is 2. The van der Waals surface area contributed by atoms with Gasteiger partial charge in [-0.1, -0.05) is 18.2 Å². The van der Waals surface area contributed by atoms with Crippen molar-refractivity contribution in [1.82, 2.24) is 10.2 Å². The number of nitrogens with zero attached hydrogens (tertiary/aromatic N) is 2. The van der Waals surface area contributed by atoms with Crippen LogP contribution in [0.15, 0.2) is 24.3 Å². The van der Waals surface area contributed by atoms with Gasteiger partial charge in [-0.2, -0.15) is 14.0 Å². The van der Waals surface area contributed by atoms with Crippen LogP contribution in [0.25, 0.3) is 0 Å². The Balaban J connectivity index is 2.15. The van der Waals surface area contributed by atoms with Crippen molar-refractivity contribution in [3.63, 3.8) is 0 Å². The molecule has 1 fully saturated rings. The van der Waals surface area contributed by atoms with E-state index in [2.05, 4.69) is 10.1 Å². The lowest BCUT2D eigenvalue weighted by atomic mass is 10.2. The molecule has 0 aliphatic carbocycles. The number of nitrogens with one attached hydrogen (secondary N) is 1. The second kappa shape index (κ2) is 11.4. The zero-order valence-electron chi connectivity index (χ0n) is 16.3. The molecule has 0 saturated carbocycles. The van der Waals surface area contributed by atoms with E-state index in [0.717, 1.165) is 0 Å². The van der Waals surface area contributed by atoms with Crippen LogP contribution in [0.3, 0.4) is 0 Å². The highest BCUT2D eigenvalue weighted by Crippen LogP contribution is 2.23. The molecule has 31 heavy (non-hydrogen) atoms. The molecule has 1 unspecified atom stereocenters. The summed E-state index contributed by atoms with van der Waals surface area (Å²) in [7, 11) is -4.13. The minimum absolute atomic E-state index is 0.0431. The molecule has 0 aromatic heterocycles. The summed E-state index contributed by atoms with van der Waals surface area (Å²) in [6.07, 6.45) is -2.64. The summed E-state index contributed by atoms with van der Waals surface area (Å²) in [4.78, 5) is 25.9. The third kappa shape index (κ3) is 7.99. The van der Waals surface area contributed by atoms with Crippen LogP contribution >= 0.6 is 0 Å². The van der Waals surface area contributed by atoms with Gasteiger partial charge in [-0.3, -0.25) is 4.79 Å². The molecule has 1 saturated heterocycles. The predicted molar refractivity (Wildman–Crippen MR) is 102 cm³/mol. The molecule has 1 heterocycles. The Hall–Kier alpha value is -2.98. The van der Waals surface area contributed by atoms with E-state index in [1.54, 1.807) is 6.07 Å². The molecule has 0 spiro atoms. The minimum Gasteiger partial charge on any atom is -0.435 e. The van der Waals surface area contributed by atoms with Crippen LogP contribution in [0.5, 0.6) is 5.75 Å². The summed E-state index contributed by atoms with van der Waals surface area (Å²) in [5, 5.41) is 10.8. The van der Waals surface area contributed by atoms with Gasteiger partial charge in [-0.25, -0.2) is 13.2 Å². The van der Waals surface area contributed by atoms with Gasteiger partial charge in [0.15, 0.2) is 15.9 Å². The van der Waals surface area contributed by atoms with Gasteiger partial charge in [0.2, 0.25) is 0 Å². The third-order valence-corrected chi connectivity index (χ3v) is 5.68. The highest BCUT2D eigenvalue weighted by atomic mass is 32.2. The van der Waals surface area contributed by atoms with Crippen molar-refractivity contribution in [2.45, 2.75) is 18.5 Å². The number of halogens is 2. The smallest absolute Gasteiger partial charge is 0.410 e.